The molecule has 0 spiro atoms. The van der Waals surface area contributed by atoms with Gasteiger partial charge in [-0.3, -0.25) is 4.79 Å². The molecule has 1 fully saturated rings. The monoisotopic (exact) mass is 293 g/mol. The van der Waals surface area contributed by atoms with Crippen molar-refractivity contribution in [1.82, 2.24) is 9.97 Å². The van der Waals surface area contributed by atoms with E-state index in [-0.39, 0.29) is 18.1 Å². The minimum Gasteiger partial charge on any atom is -0.481 e. The molecule has 1 aliphatic heterocycles. The van der Waals surface area contributed by atoms with Gasteiger partial charge in [0, 0.05) is 24.3 Å². The number of hydrogen-bond acceptors (Lipinski definition) is 5. The van der Waals surface area contributed by atoms with E-state index in [0.717, 1.165) is 5.69 Å². The van der Waals surface area contributed by atoms with Crippen LogP contribution in [0.4, 0.5) is 5.95 Å². The van der Waals surface area contributed by atoms with Gasteiger partial charge in [0.25, 0.3) is 0 Å². The highest BCUT2D eigenvalue weighted by Gasteiger charge is 2.31. The van der Waals surface area contributed by atoms with Crippen LogP contribution in [0.5, 0.6) is 5.88 Å². The van der Waals surface area contributed by atoms with E-state index in [4.69, 9.17) is 9.84 Å². The van der Waals surface area contributed by atoms with Crippen molar-refractivity contribution in [3.05, 3.63) is 11.8 Å². The summed E-state index contributed by atoms with van der Waals surface area (Å²) in [4.78, 5) is 22.1. The third kappa shape index (κ3) is 3.83. The van der Waals surface area contributed by atoms with Crippen molar-refractivity contribution >= 4 is 11.9 Å². The zero-order valence-electron chi connectivity index (χ0n) is 13.0. The van der Waals surface area contributed by atoms with Crippen LogP contribution in [-0.4, -0.2) is 39.7 Å². The third-order valence-corrected chi connectivity index (χ3v) is 3.66. The van der Waals surface area contributed by atoms with Gasteiger partial charge in [-0.1, -0.05) is 0 Å². The van der Waals surface area contributed by atoms with E-state index in [2.05, 4.69) is 14.9 Å². The molecule has 6 heteroatoms. The van der Waals surface area contributed by atoms with Crippen molar-refractivity contribution in [1.29, 1.82) is 0 Å². The van der Waals surface area contributed by atoms with Gasteiger partial charge in [-0.05, 0) is 40.5 Å². The number of carboxylic acids is 1. The molecule has 21 heavy (non-hydrogen) atoms. The van der Waals surface area contributed by atoms with Crippen LogP contribution in [0.1, 0.15) is 39.3 Å². The predicted octanol–water partition coefficient (Wildman–Crippen LogP) is 2.26. The molecule has 0 radical (unpaired) electrons. The van der Waals surface area contributed by atoms with Gasteiger partial charge < -0.3 is 14.7 Å². The van der Waals surface area contributed by atoms with Gasteiger partial charge in [-0.2, -0.15) is 4.98 Å². The Morgan fingerprint density at radius 3 is 2.76 bits per heavy atom. The molecule has 0 aliphatic carbocycles. The molecule has 6 nitrogen and oxygen atoms in total. The van der Waals surface area contributed by atoms with E-state index in [1.807, 2.05) is 33.8 Å². The Balaban J connectivity index is 2.18. The molecular formula is C15H23N3O3. The topological polar surface area (TPSA) is 75.5 Å². The lowest BCUT2D eigenvalue weighted by atomic mass is 9.92. The molecule has 0 bridgehead atoms. The molecule has 0 saturated carbocycles. The highest BCUT2D eigenvalue weighted by molar-refractivity contribution is 5.70. The van der Waals surface area contributed by atoms with Gasteiger partial charge in [0.1, 0.15) is 0 Å². The smallest absolute Gasteiger partial charge is 0.306 e. The first-order valence-electron chi connectivity index (χ1n) is 7.38. The second-order valence-corrected chi connectivity index (χ2v) is 5.92. The molecule has 0 aromatic carbocycles. The van der Waals surface area contributed by atoms with Crippen molar-refractivity contribution in [2.24, 2.45) is 5.92 Å². The normalized spacial score (nSPS) is 22.4. The van der Waals surface area contributed by atoms with Crippen LogP contribution >= 0.6 is 0 Å². The first-order chi connectivity index (χ1) is 9.86. The summed E-state index contributed by atoms with van der Waals surface area (Å²) in [5.41, 5.74) is 0.850. The van der Waals surface area contributed by atoms with Crippen LogP contribution in [-0.2, 0) is 4.79 Å². The molecule has 1 aromatic rings. The molecule has 1 aliphatic rings. The summed E-state index contributed by atoms with van der Waals surface area (Å²) >= 11 is 0. The van der Waals surface area contributed by atoms with E-state index in [9.17, 15) is 4.79 Å². The second kappa shape index (κ2) is 6.28. The van der Waals surface area contributed by atoms with E-state index in [1.54, 1.807) is 0 Å². The van der Waals surface area contributed by atoms with E-state index < -0.39 is 5.97 Å². The van der Waals surface area contributed by atoms with Gasteiger partial charge in [-0.25, -0.2) is 4.98 Å². The van der Waals surface area contributed by atoms with Gasteiger partial charge in [0.2, 0.25) is 11.8 Å². The Hall–Kier alpha value is -1.85. The van der Waals surface area contributed by atoms with Crippen molar-refractivity contribution in [3.63, 3.8) is 0 Å². The fraction of sp³-hybridized carbons (Fsp3) is 0.667. The minimum atomic E-state index is -0.713. The summed E-state index contributed by atoms with van der Waals surface area (Å²) in [6, 6.07) is 1.92. The Morgan fingerprint density at radius 1 is 1.48 bits per heavy atom. The molecule has 1 saturated heterocycles. The van der Waals surface area contributed by atoms with Crippen molar-refractivity contribution in [2.45, 2.75) is 52.7 Å². The first kappa shape index (κ1) is 15.5. The number of aryl methyl sites for hydroxylation is 1. The number of carbonyl (C=O) groups is 1. The summed E-state index contributed by atoms with van der Waals surface area (Å²) in [6.07, 6.45) is 1.30. The quantitative estimate of drug-likeness (QED) is 0.917. The van der Waals surface area contributed by atoms with Crippen molar-refractivity contribution < 1.29 is 14.6 Å². The number of carboxylic acid groups (broad SMARTS) is 1. The van der Waals surface area contributed by atoms with E-state index in [1.165, 1.54) is 0 Å². The maximum absolute atomic E-state index is 11.1. The SMILES string of the molecule is Cc1cc(OC(C)C)nc(N2CCC(C(=O)O)CC2C)n1. The standard InChI is InChI=1S/C15H23N3O3/c1-9(2)21-13-7-10(3)16-15(17-13)18-6-5-12(14(19)20)8-11(18)4/h7,9,11-12H,5-6,8H2,1-4H3,(H,19,20). The number of piperidine rings is 1. The maximum Gasteiger partial charge on any atom is 0.306 e. The lowest BCUT2D eigenvalue weighted by Crippen LogP contribution is -2.43. The zero-order valence-corrected chi connectivity index (χ0v) is 13.0. The summed E-state index contributed by atoms with van der Waals surface area (Å²) in [5, 5.41) is 9.13. The Kier molecular flexibility index (Phi) is 4.65. The van der Waals surface area contributed by atoms with E-state index in [0.29, 0.717) is 31.2 Å². The summed E-state index contributed by atoms with van der Waals surface area (Å²) in [7, 11) is 0. The lowest BCUT2D eigenvalue weighted by molar-refractivity contribution is -0.142. The average molecular weight is 293 g/mol. The van der Waals surface area contributed by atoms with Crippen LogP contribution in [0.25, 0.3) is 0 Å². The first-order valence-corrected chi connectivity index (χ1v) is 7.38. The molecule has 0 amide bonds. The average Bonchev–Trinajstić information content (AvgIpc) is 2.36. The molecule has 2 unspecified atom stereocenters. The molecule has 1 aromatic heterocycles. The largest absolute Gasteiger partial charge is 0.481 e. The van der Waals surface area contributed by atoms with Crippen LogP contribution < -0.4 is 9.64 Å². The van der Waals surface area contributed by atoms with Crippen molar-refractivity contribution in [2.75, 3.05) is 11.4 Å². The number of nitrogens with zero attached hydrogens (tertiary/aromatic N) is 3. The molecule has 116 valence electrons. The van der Waals surface area contributed by atoms with Crippen LogP contribution in [0.3, 0.4) is 0 Å². The summed E-state index contributed by atoms with van der Waals surface area (Å²) < 4.78 is 5.65. The molecule has 2 atom stereocenters. The molecule has 1 N–H and O–H groups in total. The predicted molar refractivity (Wildman–Crippen MR) is 79.7 cm³/mol. The summed E-state index contributed by atoms with van der Waals surface area (Å²) in [6.45, 7) is 8.50. The highest BCUT2D eigenvalue weighted by Crippen LogP contribution is 2.27. The fourth-order valence-electron chi connectivity index (χ4n) is 2.65. The number of rotatable bonds is 4. The number of ether oxygens (including phenoxy) is 1. The molecule has 2 rings (SSSR count). The number of aliphatic carboxylic acids is 1. The Morgan fingerprint density at radius 2 is 2.19 bits per heavy atom. The number of anilines is 1. The van der Waals surface area contributed by atoms with Crippen LogP contribution in [0, 0.1) is 12.8 Å². The Bertz CT molecular complexity index is 519. The van der Waals surface area contributed by atoms with Gasteiger partial charge in [0.15, 0.2) is 0 Å². The zero-order chi connectivity index (χ0) is 15.6. The molecular weight excluding hydrogens is 270 g/mol. The van der Waals surface area contributed by atoms with Gasteiger partial charge in [0.05, 0.1) is 12.0 Å². The van der Waals surface area contributed by atoms with Gasteiger partial charge in [-0.15, -0.1) is 0 Å². The Labute approximate surface area is 125 Å². The molecule has 2 heterocycles. The maximum atomic E-state index is 11.1. The van der Waals surface area contributed by atoms with Gasteiger partial charge >= 0.3 is 5.97 Å². The number of aromatic nitrogens is 2. The van der Waals surface area contributed by atoms with E-state index >= 15 is 0 Å². The van der Waals surface area contributed by atoms with Crippen LogP contribution in [0.15, 0.2) is 6.07 Å². The highest BCUT2D eigenvalue weighted by atomic mass is 16.5. The fourth-order valence-corrected chi connectivity index (χ4v) is 2.65. The van der Waals surface area contributed by atoms with Crippen LogP contribution in [0.2, 0.25) is 0 Å². The lowest BCUT2D eigenvalue weighted by Gasteiger charge is -2.36. The summed E-state index contributed by atoms with van der Waals surface area (Å²) in [5.74, 6) is 0.213. The minimum absolute atomic E-state index is 0.0577. The third-order valence-electron chi connectivity index (χ3n) is 3.66. The van der Waals surface area contributed by atoms with Crippen molar-refractivity contribution in [3.8, 4) is 5.88 Å². The number of hydrogen-bond donors (Lipinski definition) is 1. The second-order valence-electron chi connectivity index (χ2n) is 5.92.